The third kappa shape index (κ3) is 1.93. The number of hydrogen-bond acceptors (Lipinski definition) is 4. The molecule has 0 aromatic carbocycles. The van der Waals surface area contributed by atoms with E-state index < -0.39 is 0 Å². The quantitative estimate of drug-likeness (QED) is 0.768. The highest BCUT2D eigenvalue weighted by Crippen LogP contribution is 2.26. The van der Waals surface area contributed by atoms with Crippen LogP contribution < -0.4 is 11.1 Å². The fourth-order valence-corrected chi connectivity index (χ4v) is 2.51. The molecule has 0 aliphatic carbocycles. The summed E-state index contributed by atoms with van der Waals surface area (Å²) in [6.07, 6.45) is 5.12. The molecule has 0 radical (unpaired) electrons. The zero-order valence-electron chi connectivity index (χ0n) is 7.82. The van der Waals surface area contributed by atoms with Crippen molar-refractivity contribution in [1.29, 1.82) is 0 Å². The number of nitrogens with one attached hydrogen (secondary N) is 1. The van der Waals surface area contributed by atoms with Crippen molar-refractivity contribution in [3.05, 3.63) is 16.1 Å². The van der Waals surface area contributed by atoms with Gasteiger partial charge in [0.15, 0.2) is 0 Å². The fraction of sp³-hybridized carbons (Fsp3) is 0.556. The second-order valence-corrected chi connectivity index (χ2v) is 4.49. The smallest absolute Gasteiger partial charge is 0.260 e. The third-order valence-corrected chi connectivity index (χ3v) is 3.50. The van der Waals surface area contributed by atoms with Crippen molar-refractivity contribution >= 4 is 17.2 Å². The molecule has 14 heavy (non-hydrogen) atoms. The topological polar surface area (TPSA) is 68.0 Å². The summed E-state index contributed by atoms with van der Waals surface area (Å²) in [6, 6.07) is 0.321. The molecule has 0 bridgehead atoms. The number of thiazole rings is 1. The highest BCUT2D eigenvalue weighted by Gasteiger charge is 2.18. The van der Waals surface area contributed by atoms with Crippen molar-refractivity contribution in [3.8, 4) is 0 Å². The van der Waals surface area contributed by atoms with Crippen molar-refractivity contribution in [3.63, 3.8) is 0 Å². The summed E-state index contributed by atoms with van der Waals surface area (Å²) in [6.45, 7) is 1.04. The van der Waals surface area contributed by atoms with Crippen LogP contribution in [0.15, 0.2) is 6.20 Å². The first-order valence-corrected chi connectivity index (χ1v) is 5.58. The van der Waals surface area contributed by atoms with Gasteiger partial charge in [0.1, 0.15) is 9.88 Å². The van der Waals surface area contributed by atoms with Crippen molar-refractivity contribution in [2.75, 3.05) is 6.54 Å². The summed E-state index contributed by atoms with van der Waals surface area (Å²) < 4.78 is 0. The Labute approximate surface area is 86.5 Å². The largest absolute Gasteiger partial charge is 0.365 e. The summed E-state index contributed by atoms with van der Waals surface area (Å²) >= 11 is 1.40. The predicted octanol–water partition coefficient (Wildman–Crippen LogP) is 1.06. The maximum atomic E-state index is 10.9. The SMILES string of the molecule is NC(=O)c1cnc([C@H]2CCCCN2)s1. The Balaban J connectivity index is 2.11. The van der Waals surface area contributed by atoms with Crippen LogP contribution in [0, 0.1) is 0 Å². The number of carbonyl (C=O) groups is 1. The van der Waals surface area contributed by atoms with E-state index in [9.17, 15) is 4.79 Å². The molecule has 3 N–H and O–H groups in total. The summed E-state index contributed by atoms with van der Waals surface area (Å²) in [4.78, 5) is 15.6. The summed E-state index contributed by atoms with van der Waals surface area (Å²) in [7, 11) is 0. The predicted molar refractivity (Wildman–Crippen MR) is 55.2 cm³/mol. The van der Waals surface area contributed by atoms with Gasteiger partial charge in [-0.25, -0.2) is 4.98 Å². The van der Waals surface area contributed by atoms with Gasteiger partial charge in [-0.3, -0.25) is 4.79 Å². The fourth-order valence-electron chi connectivity index (χ4n) is 1.63. The zero-order valence-corrected chi connectivity index (χ0v) is 8.64. The van der Waals surface area contributed by atoms with Crippen molar-refractivity contribution in [1.82, 2.24) is 10.3 Å². The molecule has 1 aromatic heterocycles. The Morgan fingerprint density at radius 1 is 1.64 bits per heavy atom. The van der Waals surface area contributed by atoms with Gasteiger partial charge in [0, 0.05) is 0 Å². The molecular formula is C9H13N3OS. The number of hydrogen-bond donors (Lipinski definition) is 2. The van der Waals surface area contributed by atoms with E-state index in [0.717, 1.165) is 18.0 Å². The van der Waals surface area contributed by atoms with Gasteiger partial charge < -0.3 is 11.1 Å². The second kappa shape index (κ2) is 4.06. The minimum atomic E-state index is -0.385. The average molecular weight is 211 g/mol. The lowest BCUT2D eigenvalue weighted by Gasteiger charge is -2.20. The molecule has 1 atom stereocenters. The Kier molecular flexibility index (Phi) is 2.79. The van der Waals surface area contributed by atoms with E-state index in [-0.39, 0.29) is 5.91 Å². The molecule has 1 aliphatic heterocycles. The third-order valence-electron chi connectivity index (χ3n) is 2.37. The van der Waals surface area contributed by atoms with E-state index in [1.54, 1.807) is 6.20 Å². The maximum Gasteiger partial charge on any atom is 0.260 e. The molecule has 2 heterocycles. The van der Waals surface area contributed by atoms with E-state index in [0.29, 0.717) is 10.9 Å². The molecular weight excluding hydrogens is 198 g/mol. The number of aromatic nitrogens is 1. The highest BCUT2D eigenvalue weighted by atomic mass is 32.1. The van der Waals surface area contributed by atoms with Crippen LogP contribution in [0.1, 0.15) is 40.0 Å². The Morgan fingerprint density at radius 3 is 3.07 bits per heavy atom. The zero-order chi connectivity index (χ0) is 9.97. The van der Waals surface area contributed by atoms with Gasteiger partial charge in [-0.05, 0) is 19.4 Å². The number of rotatable bonds is 2. The number of nitrogens with two attached hydrogens (primary N) is 1. The molecule has 0 saturated carbocycles. The number of amides is 1. The average Bonchev–Trinajstić information content (AvgIpc) is 2.68. The van der Waals surface area contributed by atoms with Crippen LogP contribution >= 0.6 is 11.3 Å². The van der Waals surface area contributed by atoms with Gasteiger partial charge >= 0.3 is 0 Å². The van der Waals surface area contributed by atoms with Gasteiger partial charge in [-0.2, -0.15) is 0 Å². The number of primary amides is 1. The molecule has 1 aliphatic rings. The van der Waals surface area contributed by atoms with E-state index in [2.05, 4.69) is 10.3 Å². The van der Waals surface area contributed by atoms with Crippen LogP contribution in [-0.2, 0) is 0 Å². The molecule has 0 unspecified atom stereocenters. The first-order valence-electron chi connectivity index (χ1n) is 4.76. The lowest BCUT2D eigenvalue weighted by atomic mass is 10.1. The summed E-state index contributed by atoms with van der Waals surface area (Å²) in [5, 5.41) is 4.37. The van der Waals surface area contributed by atoms with Crippen LogP contribution in [0.25, 0.3) is 0 Å². The van der Waals surface area contributed by atoms with E-state index in [4.69, 9.17) is 5.73 Å². The van der Waals surface area contributed by atoms with Crippen molar-refractivity contribution in [2.45, 2.75) is 25.3 Å². The second-order valence-electron chi connectivity index (χ2n) is 3.43. The van der Waals surface area contributed by atoms with Gasteiger partial charge in [0.25, 0.3) is 5.91 Å². The number of nitrogens with zero attached hydrogens (tertiary/aromatic N) is 1. The maximum absolute atomic E-state index is 10.9. The van der Waals surface area contributed by atoms with Gasteiger partial charge in [0.2, 0.25) is 0 Å². The van der Waals surface area contributed by atoms with Crippen LogP contribution in [0.3, 0.4) is 0 Å². The Bertz CT molecular complexity index is 331. The molecule has 5 heteroatoms. The molecule has 1 aromatic rings. The van der Waals surface area contributed by atoms with Crippen LogP contribution in [0.2, 0.25) is 0 Å². The first kappa shape index (κ1) is 9.61. The van der Waals surface area contributed by atoms with Crippen LogP contribution in [0.4, 0.5) is 0 Å². The van der Waals surface area contributed by atoms with E-state index in [1.165, 1.54) is 24.2 Å². The van der Waals surface area contributed by atoms with Crippen molar-refractivity contribution in [2.24, 2.45) is 5.73 Å². The summed E-state index contributed by atoms with van der Waals surface area (Å²) in [5.41, 5.74) is 5.17. The minimum Gasteiger partial charge on any atom is -0.365 e. The Morgan fingerprint density at radius 2 is 2.50 bits per heavy atom. The summed E-state index contributed by atoms with van der Waals surface area (Å²) in [5.74, 6) is -0.385. The van der Waals surface area contributed by atoms with E-state index in [1.807, 2.05) is 0 Å². The molecule has 4 nitrogen and oxygen atoms in total. The standard InChI is InChI=1S/C9H13N3OS/c10-8(13)7-5-12-9(14-7)6-3-1-2-4-11-6/h5-6,11H,1-4H2,(H2,10,13)/t6-/m1/s1. The molecule has 0 spiro atoms. The Hall–Kier alpha value is -0.940. The van der Waals surface area contributed by atoms with E-state index >= 15 is 0 Å². The highest BCUT2D eigenvalue weighted by molar-refractivity contribution is 7.13. The monoisotopic (exact) mass is 211 g/mol. The van der Waals surface area contributed by atoms with Gasteiger partial charge in [-0.1, -0.05) is 6.42 Å². The molecule has 76 valence electrons. The first-order chi connectivity index (χ1) is 6.77. The van der Waals surface area contributed by atoms with Crippen LogP contribution in [0.5, 0.6) is 0 Å². The van der Waals surface area contributed by atoms with Gasteiger partial charge in [0.05, 0.1) is 12.2 Å². The molecule has 2 rings (SSSR count). The normalized spacial score (nSPS) is 22.1. The minimum absolute atomic E-state index is 0.321. The van der Waals surface area contributed by atoms with Crippen LogP contribution in [-0.4, -0.2) is 17.4 Å². The molecule has 1 fully saturated rings. The lowest BCUT2D eigenvalue weighted by Crippen LogP contribution is -2.26. The number of carbonyl (C=O) groups excluding carboxylic acids is 1. The van der Waals surface area contributed by atoms with Gasteiger partial charge in [-0.15, -0.1) is 11.3 Å². The lowest BCUT2D eigenvalue weighted by molar-refractivity contribution is 0.100. The number of piperidine rings is 1. The molecule has 1 amide bonds. The van der Waals surface area contributed by atoms with Crippen molar-refractivity contribution < 1.29 is 4.79 Å². The molecule has 1 saturated heterocycles.